The van der Waals surface area contributed by atoms with Gasteiger partial charge in [0.05, 0.1) is 5.92 Å². The maximum atomic E-state index is 12.0. The van der Waals surface area contributed by atoms with Gasteiger partial charge in [0.2, 0.25) is 0 Å². The topological polar surface area (TPSA) is 17.1 Å². The molecule has 14 heavy (non-hydrogen) atoms. The molecule has 1 unspecified atom stereocenters. The molecule has 0 saturated heterocycles. The molecule has 2 aliphatic rings. The van der Waals surface area contributed by atoms with Crippen LogP contribution in [0.1, 0.15) is 22.3 Å². The molecule has 2 aliphatic carbocycles. The normalized spacial score (nSPS) is 23.0. The van der Waals surface area contributed by atoms with Crippen LogP contribution in [-0.2, 0) is 0 Å². The third-order valence-corrected chi connectivity index (χ3v) is 2.98. The van der Waals surface area contributed by atoms with E-state index in [1.165, 1.54) is 5.57 Å². The number of hydrogen-bond donors (Lipinski definition) is 0. The van der Waals surface area contributed by atoms with Gasteiger partial charge in [-0.15, -0.1) is 0 Å². The van der Waals surface area contributed by atoms with E-state index in [0.717, 1.165) is 17.5 Å². The third kappa shape index (κ3) is 0.869. The summed E-state index contributed by atoms with van der Waals surface area (Å²) in [6.07, 6.45) is 7.04. The molecule has 0 aliphatic heterocycles. The number of allylic oxidation sites excluding steroid dienone is 4. The van der Waals surface area contributed by atoms with Gasteiger partial charge in [-0.2, -0.15) is 0 Å². The minimum atomic E-state index is 0.0948. The Labute approximate surface area is 82.8 Å². The Hall–Kier alpha value is -1.63. The number of carbonyl (C=O) groups is 1. The van der Waals surface area contributed by atoms with Crippen LogP contribution in [0.4, 0.5) is 0 Å². The zero-order valence-corrected chi connectivity index (χ0v) is 7.73. The second-order valence-corrected chi connectivity index (χ2v) is 3.75. The van der Waals surface area contributed by atoms with E-state index in [1.54, 1.807) is 0 Å². The predicted octanol–water partition coefficient (Wildman–Crippen LogP) is 2.84. The average molecular weight is 182 g/mol. The lowest BCUT2D eigenvalue weighted by Crippen LogP contribution is -2.08. The fourth-order valence-corrected chi connectivity index (χ4v) is 2.29. The van der Waals surface area contributed by atoms with Gasteiger partial charge >= 0.3 is 0 Å². The zero-order chi connectivity index (χ0) is 9.54. The maximum Gasteiger partial charge on any atom is 0.171 e. The quantitative estimate of drug-likeness (QED) is 0.603. The first-order chi connectivity index (χ1) is 6.88. The lowest BCUT2D eigenvalue weighted by atomic mass is 9.92. The van der Waals surface area contributed by atoms with E-state index in [2.05, 4.69) is 12.2 Å². The third-order valence-electron chi connectivity index (χ3n) is 2.98. The van der Waals surface area contributed by atoms with E-state index in [4.69, 9.17) is 0 Å². The number of benzene rings is 1. The molecule has 3 rings (SSSR count). The van der Waals surface area contributed by atoms with Crippen LogP contribution in [0.25, 0.3) is 5.57 Å². The Balaban J connectivity index is 2.27. The molecule has 0 amide bonds. The molecule has 1 aromatic carbocycles. The first-order valence-electron chi connectivity index (χ1n) is 4.88. The minimum Gasteiger partial charge on any atom is -0.293 e. The van der Waals surface area contributed by atoms with Crippen molar-refractivity contribution in [1.82, 2.24) is 0 Å². The van der Waals surface area contributed by atoms with Crippen LogP contribution in [-0.4, -0.2) is 5.78 Å². The summed E-state index contributed by atoms with van der Waals surface area (Å²) in [5.41, 5.74) is 3.23. The predicted molar refractivity (Wildman–Crippen MR) is 56.0 cm³/mol. The smallest absolute Gasteiger partial charge is 0.171 e. The highest BCUT2D eigenvalue weighted by Crippen LogP contribution is 2.40. The number of ketones is 1. The molecule has 1 aromatic rings. The van der Waals surface area contributed by atoms with E-state index in [-0.39, 0.29) is 11.7 Å². The van der Waals surface area contributed by atoms with Gasteiger partial charge in [-0.1, -0.05) is 42.5 Å². The van der Waals surface area contributed by atoms with E-state index in [9.17, 15) is 4.79 Å². The van der Waals surface area contributed by atoms with E-state index >= 15 is 0 Å². The largest absolute Gasteiger partial charge is 0.293 e. The fraction of sp³-hybridized carbons (Fsp3) is 0.154. The molecule has 1 atom stereocenters. The minimum absolute atomic E-state index is 0.0948. The summed E-state index contributed by atoms with van der Waals surface area (Å²) in [5, 5.41) is 0. The van der Waals surface area contributed by atoms with Crippen LogP contribution < -0.4 is 0 Å². The van der Waals surface area contributed by atoms with Crippen LogP contribution in [0.3, 0.4) is 0 Å². The monoisotopic (exact) mass is 182 g/mol. The highest BCUT2D eigenvalue weighted by molar-refractivity contribution is 6.14. The van der Waals surface area contributed by atoms with Gasteiger partial charge in [0.1, 0.15) is 0 Å². The highest BCUT2D eigenvalue weighted by atomic mass is 16.1. The van der Waals surface area contributed by atoms with Crippen molar-refractivity contribution in [3.63, 3.8) is 0 Å². The van der Waals surface area contributed by atoms with Crippen molar-refractivity contribution >= 4 is 11.4 Å². The number of rotatable bonds is 0. The fourth-order valence-electron chi connectivity index (χ4n) is 2.29. The van der Waals surface area contributed by atoms with Crippen molar-refractivity contribution in [1.29, 1.82) is 0 Å². The Morgan fingerprint density at radius 1 is 1.14 bits per heavy atom. The summed E-state index contributed by atoms with van der Waals surface area (Å²) < 4.78 is 0. The molecule has 1 nitrogen and oxygen atoms in total. The second-order valence-electron chi connectivity index (χ2n) is 3.75. The molecule has 0 saturated carbocycles. The molecular weight excluding hydrogens is 172 g/mol. The van der Waals surface area contributed by atoms with Gasteiger partial charge in [0.25, 0.3) is 0 Å². The van der Waals surface area contributed by atoms with E-state index in [0.29, 0.717) is 0 Å². The Morgan fingerprint density at radius 3 is 2.79 bits per heavy atom. The lowest BCUT2D eigenvalue weighted by molar-refractivity contribution is 0.0959. The molecule has 0 bridgehead atoms. The van der Waals surface area contributed by atoms with Crippen molar-refractivity contribution in [3.05, 3.63) is 53.6 Å². The number of carbonyl (C=O) groups excluding carboxylic acids is 1. The second kappa shape index (κ2) is 2.68. The van der Waals surface area contributed by atoms with Crippen LogP contribution in [0.15, 0.2) is 42.5 Å². The van der Waals surface area contributed by atoms with Gasteiger partial charge in [0.15, 0.2) is 5.78 Å². The van der Waals surface area contributed by atoms with Crippen molar-refractivity contribution in [2.75, 3.05) is 0 Å². The zero-order valence-electron chi connectivity index (χ0n) is 7.73. The SMILES string of the molecule is O=C1c2ccccc2C2=CC=CCC12. The van der Waals surface area contributed by atoms with E-state index < -0.39 is 0 Å². The van der Waals surface area contributed by atoms with Gasteiger partial charge < -0.3 is 0 Å². The van der Waals surface area contributed by atoms with Crippen LogP contribution in [0, 0.1) is 5.92 Å². The van der Waals surface area contributed by atoms with Crippen LogP contribution in [0.5, 0.6) is 0 Å². The summed E-state index contributed by atoms with van der Waals surface area (Å²) in [6, 6.07) is 7.89. The molecule has 0 spiro atoms. The average Bonchev–Trinajstić information content (AvgIpc) is 2.55. The summed E-state index contributed by atoms with van der Waals surface area (Å²) >= 11 is 0. The molecule has 0 radical (unpaired) electrons. The van der Waals surface area contributed by atoms with Gasteiger partial charge in [-0.25, -0.2) is 0 Å². The molecular formula is C13H10O. The summed E-state index contributed by atoms with van der Waals surface area (Å²) in [4.78, 5) is 12.0. The Kier molecular flexibility index (Phi) is 1.48. The first-order valence-corrected chi connectivity index (χ1v) is 4.88. The summed E-state index contributed by atoms with van der Waals surface area (Å²) in [6.45, 7) is 0. The molecule has 0 heterocycles. The van der Waals surface area contributed by atoms with Crippen LogP contribution >= 0.6 is 0 Å². The maximum absolute atomic E-state index is 12.0. The number of Topliss-reactive ketones (excluding diaryl/α,β-unsaturated/α-hetero) is 1. The van der Waals surface area contributed by atoms with Gasteiger partial charge in [0, 0.05) is 5.56 Å². The van der Waals surface area contributed by atoms with Crippen LogP contribution in [0.2, 0.25) is 0 Å². The van der Waals surface area contributed by atoms with E-state index in [1.807, 2.05) is 30.3 Å². The van der Waals surface area contributed by atoms with Crippen molar-refractivity contribution in [3.8, 4) is 0 Å². The summed E-state index contributed by atoms with van der Waals surface area (Å²) in [7, 11) is 0. The number of hydrogen-bond acceptors (Lipinski definition) is 1. The molecule has 0 aromatic heterocycles. The Morgan fingerprint density at radius 2 is 1.93 bits per heavy atom. The molecule has 0 fully saturated rings. The highest BCUT2D eigenvalue weighted by Gasteiger charge is 2.34. The van der Waals surface area contributed by atoms with Crippen molar-refractivity contribution < 1.29 is 4.79 Å². The summed E-state index contributed by atoms with van der Waals surface area (Å²) in [5.74, 6) is 0.383. The molecule has 0 N–H and O–H groups in total. The van der Waals surface area contributed by atoms with Gasteiger partial charge in [-0.3, -0.25) is 4.79 Å². The van der Waals surface area contributed by atoms with Crippen molar-refractivity contribution in [2.45, 2.75) is 6.42 Å². The number of fused-ring (bicyclic) bond motifs is 3. The molecule has 68 valence electrons. The Bertz CT molecular complexity index is 466. The first kappa shape index (κ1) is 7.74. The molecule has 1 heteroatoms. The standard InChI is InChI=1S/C13H10O/c14-13-11-7-3-1-5-9(11)10-6-2-4-8-12(10)13/h1-7,12H,8H2. The van der Waals surface area contributed by atoms with Crippen molar-refractivity contribution in [2.24, 2.45) is 5.92 Å². The van der Waals surface area contributed by atoms with Gasteiger partial charge in [-0.05, 0) is 17.6 Å². The lowest BCUT2D eigenvalue weighted by Gasteiger charge is -2.10.